The summed E-state index contributed by atoms with van der Waals surface area (Å²) in [5.41, 5.74) is 4.78. The van der Waals surface area contributed by atoms with Gasteiger partial charge in [-0.05, 0) is 52.8 Å². The van der Waals surface area contributed by atoms with Crippen LogP contribution in [0.4, 0.5) is 0 Å². The van der Waals surface area contributed by atoms with Gasteiger partial charge in [-0.1, -0.05) is 54.6 Å². The van der Waals surface area contributed by atoms with E-state index in [0.717, 1.165) is 52.2 Å². The Bertz CT molecular complexity index is 1050. The van der Waals surface area contributed by atoms with Crippen molar-refractivity contribution >= 4 is 5.78 Å². The van der Waals surface area contributed by atoms with E-state index in [1.807, 2.05) is 54.6 Å². The molecule has 0 amide bonds. The molecule has 148 valence electrons. The quantitative estimate of drug-likeness (QED) is 0.667. The Morgan fingerprint density at radius 3 is 2.10 bits per heavy atom. The molecule has 0 radical (unpaired) electrons. The average Bonchev–Trinajstić information content (AvgIpc) is 3.45. The summed E-state index contributed by atoms with van der Waals surface area (Å²) in [5, 5.41) is 9.17. The first kappa shape index (κ1) is 18.0. The summed E-state index contributed by atoms with van der Waals surface area (Å²) in [6.07, 6.45) is 2.21. The molecule has 3 aromatic rings. The summed E-state index contributed by atoms with van der Waals surface area (Å²) in [7, 11) is 0. The van der Waals surface area contributed by atoms with Gasteiger partial charge in [0, 0.05) is 7.85 Å². The normalized spacial score (nSPS) is 15.9. The molecule has 1 heterocycles. The number of rotatable bonds is 6. The Morgan fingerprint density at radius 1 is 0.862 bits per heavy atom. The van der Waals surface area contributed by atoms with E-state index in [4.69, 9.17) is 9.47 Å². The molecule has 3 aromatic carbocycles. The molecule has 4 nitrogen and oxygen atoms in total. The molecule has 5 rings (SSSR count). The predicted octanol–water partition coefficient (Wildman–Crippen LogP) is 4.66. The molecule has 0 bridgehead atoms. The fourth-order valence-corrected chi connectivity index (χ4v) is 4.02. The van der Waals surface area contributed by atoms with Gasteiger partial charge in [-0.15, -0.1) is 0 Å². The minimum Gasteiger partial charge on any atom is -0.454 e. The molecule has 29 heavy (non-hydrogen) atoms. The third-order valence-electron chi connectivity index (χ3n) is 6.00. The zero-order valence-electron chi connectivity index (χ0n) is 16.1. The number of aliphatic hydroxyl groups excluding tert-OH is 1. The summed E-state index contributed by atoms with van der Waals surface area (Å²) in [4.78, 5) is 13.1. The molecule has 1 aliphatic carbocycles. The highest BCUT2D eigenvalue weighted by molar-refractivity contribution is 5.94. The van der Waals surface area contributed by atoms with Crippen molar-refractivity contribution in [2.45, 2.75) is 31.3 Å². The Morgan fingerprint density at radius 2 is 1.48 bits per heavy atom. The van der Waals surface area contributed by atoms with E-state index in [0.29, 0.717) is 6.42 Å². The Labute approximate surface area is 171 Å². The highest BCUT2D eigenvalue weighted by atomic mass is 16.7. The molecule has 1 fully saturated rings. The van der Waals surface area contributed by atoms with E-state index in [1.54, 1.807) is 0 Å². The van der Waals surface area contributed by atoms with Gasteiger partial charge in [0.25, 0.3) is 0 Å². The number of ether oxygens (including phenoxy) is 2. The molecule has 1 saturated carbocycles. The summed E-state index contributed by atoms with van der Waals surface area (Å²) >= 11 is 0. The largest absolute Gasteiger partial charge is 0.454 e. The number of hydrogen-bond acceptors (Lipinski definition) is 4. The van der Waals surface area contributed by atoms with Crippen LogP contribution in [0.15, 0.2) is 66.7 Å². The first-order valence-electron chi connectivity index (χ1n) is 9.90. The van der Waals surface area contributed by atoms with Gasteiger partial charge in [-0.2, -0.15) is 0 Å². The van der Waals surface area contributed by atoms with Crippen LogP contribution in [0, 0.1) is 0 Å². The Kier molecular flexibility index (Phi) is 4.36. The van der Waals surface area contributed by atoms with Crippen LogP contribution in [-0.2, 0) is 23.2 Å². The average molecular weight is 388 g/mol. The number of Topliss-reactive ketones (excluding diaryl/α,β-unsaturated/α-hetero) is 1. The van der Waals surface area contributed by atoms with Crippen LogP contribution >= 0.6 is 0 Å². The first-order valence-corrected chi connectivity index (χ1v) is 9.90. The van der Waals surface area contributed by atoms with Crippen LogP contribution in [0.25, 0.3) is 11.1 Å². The maximum Gasteiger partial charge on any atom is 0.231 e. The van der Waals surface area contributed by atoms with E-state index in [1.165, 1.54) is 0 Å². The van der Waals surface area contributed by atoms with Gasteiger partial charge in [-0.25, -0.2) is 0 Å². The van der Waals surface area contributed by atoms with Crippen LogP contribution in [-0.4, -0.2) is 17.7 Å². The highest BCUT2D eigenvalue weighted by Gasteiger charge is 2.50. The molecule has 1 N–H and O–H groups in total. The zero-order valence-corrected chi connectivity index (χ0v) is 16.1. The van der Waals surface area contributed by atoms with Gasteiger partial charge >= 0.3 is 0 Å². The smallest absolute Gasteiger partial charge is 0.231 e. The minimum absolute atomic E-state index is 0. The van der Waals surface area contributed by atoms with Crippen molar-refractivity contribution in [3.05, 3.63) is 83.4 Å². The Balaban J connectivity index is 0.00000218. The lowest BCUT2D eigenvalue weighted by atomic mass is 9.87. The molecular weight excluding hydrogens is 364 g/mol. The highest BCUT2D eigenvalue weighted by Crippen LogP contribution is 2.51. The first-order chi connectivity index (χ1) is 14.2. The van der Waals surface area contributed by atoms with Gasteiger partial charge < -0.3 is 14.6 Å². The summed E-state index contributed by atoms with van der Waals surface area (Å²) < 4.78 is 10.9. The molecule has 0 atom stereocenters. The second-order valence-electron chi connectivity index (χ2n) is 7.80. The van der Waals surface area contributed by atoms with Crippen molar-refractivity contribution in [3.8, 4) is 22.6 Å². The van der Waals surface area contributed by atoms with Gasteiger partial charge in [0.2, 0.25) is 6.79 Å². The molecule has 1 aliphatic heterocycles. The third-order valence-corrected chi connectivity index (χ3v) is 6.00. The van der Waals surface area contributed by atoms with Crippen LogP contribution in [0.5, 0.6) is 11.5 Å². The van der Waals surface area contributed by atoms with Gasteiger partial charge in [-0.3, -0.25) is 4.79 Å². The topological polar surface area (TPSA) is 55.8 Å². The van der Waals surface area contributed by atoms with Gasteiger partial charge in [0.1, 0.15) is 5.78 Å². The molecule has 4 heteroatoms. The standard InChI is InChI=1S/C25H22O4.H2/c26-15-18-3-7-20(8-4-18)19-5-1-17(2-6-19)13-24(27)25(11-12-25)21-9-10-22-23(14-21)29-16-28-22;/h1-10,14,26H,11-13,15-16H2;1H. The summed E-state index contributed by atoms with van der Waals surface area (Å²) in [6.45, 7) is 0.293. The van der Waals surface area contributed by atoms with Crippen LogP contribution in [0.2, 0.25) is 0 Å². The van der Waals surface area contributed by atoms with Crippen molar-refractivity contribution in [2.75, 3.05) is 6.79 Å². The maximum atomic E-state index is 13.1. The van der Waals surface area contributed by atoms with Crippen molar-refractivity contribution in [3.63, 3.8) is 0 Å². The number of hydrogen-bond donors (Lipinski definition) is 1. The summed E-state index contributed by atoms with van der Waals surface area (Å²) in [5.74, 6) is 1.74. The number of benzene rings is 3. The van der Waals surface area contributed by atoms with Crippen molar-refractivity contribution < 1.29 is 20.8 Å². The second-order valence-corrected chi connectivity index (χ2v) is 7.80. The fourth-order valence-electron chi connectivity index (χ4n) is 4.02. The number of aliphatic hydroxyl groups is 1. The zero-order chi connectivity index (χ0) is 19.8. The number of fused-ring (bicyclic) bond motifs is 1. The molecule has 0 spiro atoms. The number of ketones is 1. The lowest BCUT2D eigenvalue weighted by molar-refractivity contribution is -0.120. The van der Waals surface area contributed by atoms with Crippen molar-refractivity contribution in [2.24, 2.45) is 0 Å². The van der Waals surface area contributed by atoms with Gasteiger partial charge in [0.15, 0.2) is 11.5 Å². The maximum absolute atomic E-state index is 13.1. The van der Waals surface area contributed by atoms with Crippen molar-refractivity contribution in [1.29, 1.82) is 0 Å². The number of carbonyl (C=O) groups is 1. The monoisotopic (exact) mass is 388 g/mol. The molecular formula is C25H24O4. The van der Waals surface area contributed by atoms with E-state index in [2.05, 4.69) is 12.1 Å². The molecule has 2 aliphatic rings. The van der Waals surface area contributed by atoms with Crippen LogP contribution in [0.1, 0.15) is 31.0 Å². The number of carbonyl (C=O) groups excluding carboxylic acids is 1. The molecule has 0 saturated heterocycles. The second kappa shape index (κ2) is 7.05. The predicted molar refractivity (Wildman–Crippen MR) is 112 cm³/mol. The van der Waals surface area contributed by atoms with E-state index in [-0.39, 0.29) is 26.0 Å². The van der Waals surface area contributed by atoms with Crippen LogP contribution < -0.4 is 9.47 Å². The fraction of sp³-hybridized carbons (Fsp3) is 0.240. The minimum atomic E-state index is -0.375. The summed E-state index contributed by atoms with van der Waals surface area (Å²) in [6, 6.07) is 21.9. The third kappa shape index (κ3) is 3.30. The lowest BCUT2D eigenvalue weighted by Crippen LogP contribution is -2.22. The van der Waals surface area contributed by atoms with E-state index < -0.39 is 0 Å². The molecule has 0 unspecified atom stereocenters. The van der Waals surface area contributed by atoms with E-state index in [9.17, 15) is 9.90 Å². The lowest BCUT2D eigenvalue weighted by Gasteiger charge is -2.15. The van der Waals surface area contributed by atoms with E-state index >= 15 is 0 Å². The van der Waals surface area contributed by atoms with Crippen LogP contribution in [0.3, 0.4) is 0 Å². The SMILES string of the molecule is O=C(Cc1ccc(-c2ccc(CO)cc2)cc1)C1(c2ccc3c(c2)OCO3)CC1.[HH]. The Hall–Kier alpha value is -3.11. The molecule has 0 aromatic heterocycles. The van der Waals surface area contributed by atoms with Gasteiger partial charge in [0.05, 0.1) is 12.0 Å². The van der Waals surface area contributed by atoms with Crippen molar-refractivity contribution in [1.82, 2.24) is 0 Å².